The molecule has 2 atom stereocenters. The van der Waals surface area contributed by atoms with E-state index < -0.39 is 29.5 Å². The van der Waals surface area contributed by atoms with Crippen LogP contribution < -0.4 is 0 Å². The smallest absolute Gasteiger partial charge is 0.413 e. The largest absolute Gasteiger partial charge is 0.465 e. The van der Waals surface area contributed by atoms with E-state index in [-0.39, 0.29) is 13.0 Å². The number of carbonyl (C=O) groups excluding carboxylic acids is 2. The average Bonchev–Trinajstić information content (AvgIpc) is 2.29. The first kappa shape index (κ1) is 15.7. The summed E-state index contributed by atoms with van der Waals surface area (Å²) in [6.07, 6.45) is -1.61. The molecule has 7 heteroatoms. The molecule has 1 heterocycles. The van der Waals surface area contributed by atoms with Crippen LogP contribution in [0.1, 0.15) is 33.6 Å². The van der Waals surface area contributed by atoms with Crippen LogP contribution in [0.25, 0.3) is 0 Å². The number of methoxy groups -OCH3 is 1. The Morgan fingerprint density at radius 2 is 1.95 bits per heavy atom. The van der Waals surface area contributed by atoms with Gasteiger partial charge in [-0.2, -0.15) is 0 Å². The van der Waals surface area contributed by atoms with Crippen LogP contribution >= 0.6 is 0 Å². The molecule has 0 spiro atoms. The fraction of sp³-hybridized carbons (Fsp3) is 0.833. The summed E-state index contributed by atoms with van der Waals surface area (Å²) < 4.78 is 9.60. The lowest BCUT2D eigenvalue weighted by Crippen LogP contribution is -2.67. The zero-order valence-corrected chi connectivity index (χ0v) is 11.7. The molecule has 0 aromatic heterocycles. The normalized spacial score (nSPS) is 27.9. The Kier molecular flexibility index (Phi) is 4.42. The molecular formula is C12H21NO6. The van der Waals surface area contributed by atoms with Gasteiger partial charge in [0.15, 0.2) is 0 Å². The molecule has 0 aromatic carbocycles. The van der Waals surface area contributed by atoms with Gasteiger partial charge in [-0.15, -0.1) is 0 Å². The van der Waals surface area contributed by atoms with Crippen LogP contribution in [-0.2, 0) is 14.3 Å². The van der Waals surface area contributed by atoms with E-state index >= 15 is 0 Å². The van der Waals surface area contributed by atoms with E-state index in [1.807, 2.05) is 0 Å². The predicted molar refractivity (Wildman–Crippen MR) is 65.1 cm³/mol. The molecule has 0 aliphatic carbocycles. The highest BCUT2D eigenvalue weighted by molar-refractivity contribution is 5.85. The lowest BCUT2D eigenvalue weighted by molar-refractivity contribution is -0.216. The second-order valence-electron chi connectivity index (χ2n) is 5.51. The number of amides is 1. The number of piperidine rings is 1. The average molecular weight is 275 g/mol. The quantitative estimate of drug-likeness (QED) is 0.665. The molecule has 1 saturated heterocycles. The number of hydrogen-bond donors (Lipinski definition) is 2. The molecule has 110 valence electrons. The Labute approximate surface area is 112 Å². The third-order valence-corrected chi connectivity index (χ3v) is 2.84. The summed E-state index contributed by atoms with van der Waals surface area (Å²) in [4.78, 5) is 24.5. The van der Waals surface area contributed by atoms with E-state index in [9.17, 15) is 19.8 Å². The van der Waals surface area contributed by atoms with Crippen LogP contribution in [0.3, 0.4) is 0 Å². The van der Waals surface area contributed by atoms with Crippen molar-refractivity contribution in [3.8, 4) is 0 Å². The van der Waals surface area contributed by atoms with Gasteiger partial charge < -0.3 is 19.7 Å². The summed E-state index contributed by atoms with van der Waals surface area (Å²) >= 11 is 0. The summed E-state index contributed by atoms with van der Waals surface area (Å²) in [6.45, 7) is 5.12. The molecular weight excluding hydrogens is 254 g/mol. The number of ether oxygens (including phenoxy) is 2. The third kappa shape index (κ3) is 3.16. The fourth-order valence-electron chi connectivity index (χ4n) is 1.94. The first-order valence-electron chi connectivity index (χ1n) is 6.12. The lowest BCUT2D eigenvalue weighted by atomic mass is 9.95. The van der Waals surface area contributed by atoms with Gasteiger partial charge in [-0.25, -0.2) is 9.59 Å². The minimum atomic E-state index is -2.39. The highest BCUT2D eigenvalue weighted by Crippen LogP contribution is 2.29. The van der Waals surface area contributed by atoms with Crippen molar-refractivity contribution >= 4 is 12.1 Å². The summed E-state index contributed by atoms with van der Waals surface area (Å²) in [5.41, 5.74) is -3.16. The lowest BCUT2D eigenvalue weighted by Gasteiger charge is -2.43. The van der Waals surface area contributed by atoms with E-state index in [0.717, 1.165) is 12.0 Å². The molecule has 1 aliphatic rings. The Balaban J connectivity index is 3.01. The van der Waals surface area contributed by atoms with Gasteiger partial charge in [-0.05, 0) is 33.6 Å². The van der Waals surface area contributed by atoms with Gasteiger partial charge in [0.05, 0.1) is 7.11 Å². The second-order valence-corrected chi connectivity index (χ2v) is 5.51. The minimum absolute atomic E-state index is 0.109. The number of rotatable bonds is 1. The zero-order chi connectivity index (χ0) is 14.8. The predicted octanol–water partition coefficient (Wildman–Crippen LogP) is 0.240. The first-order chi connectivity index (χ1) is 8.63. The Morgan fingerprint density at radius 3 is 2.42 bits per heavy atom. The van der Waals surface area contributed by atoms with Crippen molar-refractivity contribution in [1.82, 2.24) is 4.90 Å². The van der Waals surface area contributed by atoms with Crippen molar-refractivity contribution in [2.75, 3.05) is 13.7 Å². The Bertz CT molecular complexity index is 364. The van der Waals surface area contributed by atoms with Crippen molar-refractivity contribution in [2.24, 2.45) is 0 Å². The van der Waals surface area contributed by atoms with Crippen molar-refractivity contribution in [3.05, 3.63) is 0 Å². The first-order valence-corrected chi connectivity index (χ1v) is 6.12. The van der Waals surface area contributed by atoms with Crippen LogP contribution in [0.4, 0.5) is 4.79 Å². The SMILES string of the molecule is COC(=O)C1(O)C(O)CCCN1C(=O)OC(C)(C)C. The van der Waals surface area contributed by atoms with Crippen molar-refractivity contribution < 1.29 is 29.3 Å². The highest BCUT2D eigenvalue weighted by Gasteiger charge is 2.55. The van der Waals surface area contributed by atoms with Crippen LogP contribution in [0.2, 0.25) is 0 Å². The number of hydrogen-bond acceptors (Lipinski definition) is 6. The maximum absolute atomic E-state index is 12.0. The molecule has 2 N–H and O–H groups in total. The number of carbonyl (C=O) groups is 2. The van der Waals surface area contributed by atoms with Gasteiger partial charge in [0.1, 0.15) is 11.7 Å². The summed E-state index contributed by atoms with van der Waals surface area (Å²) in [5, 5.41) is 20.2. The molecule has 19 heavy (non-hydrogen) atoms. The monoisotopic (exact) mass is 275 g/mol. The molecule has 0 bridgehead atoms. The van der Waals surface area contributed by atoms with Gasteiger partial charge in [0.25, 0.3) is 5.72 Å². The Hall–Kier alpha value is -1.34. The van der Waals surface area contributed by atoms with Crippen molar-refractivity contribution in [2.45, 2.75) is 51.0 Å². The van der Waals surface area contributed by atoms with E-state index in [0.29, 0.717) is 6.42 Å². The van der Waals surface area contributed by atoms with Crippen LogP contribution in [0.5, 0.6) is 0 Å². The maximum Gasteiger partial charge on any atom is 0.413 e. The molecule has 0 radical (unpaired) electrons. The van der Waals surface area contributed by atoms with Gasteiger partial charge in [-0.1, -0.05) is 0 Å². The molecule has 1 amide bonds. The molecule has 1 aliphatic heterocycles. The van der Waals surface area contributed by atoms with Crippen LogP contribution in [-0.4, -0.2) is 58.3 Å². The topological polar surface area (TPSA) is 96.3 Å². The molecule has 1 fully saturated rings. The van der Waals surface area contributed by atoms with E-state index in [1.165, 1.54) is 0 Å². The molecule has 2 unspecified atom stereocenters. The minimum Gasteiger partial charge on any atom is -0.465 e. The van der Waals surface area contributed by atoms with Crippen LogP contribution in [0.15, 0.2) is 0 Å². The molecule has 7 nitrogen and oxygen atoms in total. The number of aliphatic hydroxyl groups is 2. The maximum atomic E-state index is 12.0. The second kappa shape index (κ2) is 5.34. The van der Waals surface area contributed by atoms with Crippen LogP contribution in [0, 0.1) is 0 Å². The van der Waals surface area contributed by atoms with E-state index in [2.05, 4.69) is 4.74 Å². The third-order valence-electron chi connectivity index (χ3n) is 2.84. The van der Waals surface area contributed by atoms with Gasteiger partial charge >= 0.3 is 12.1 Å². The van der Waals surface area contributed by atoms with Gasteiger partial charge in [-0.3, -0.25) is 4.90 Å². The molecule has 0 saturated carbocycles. The number of esters is 1. The van der Waals surface area contributed by atoms with E-state index in [1.54, 1.807) is 20.8 Å². The van der Waals surface area contributed by atoms with E-state index in [4.69, 9.17) is 4.74 Å². The summed E-state index contributed by atoms with van der Waals surface area (Å²) in [6, 6.07) is 0. The molecule has 0 aromatic rings. The highest BCUT2D eigenvalue weighted by atomic mass is 16.6. The summed E-state index contributed by atoms with van der Waals surface area (Å²) in [7, 11) is 1.08. The van der Waals surface area contributed by atoms with Crippen molar-refractivity contribution in [3.63, 3.8) is 0 Å². The standard InChI is InChI=1S/C12H21NO6/c1-11(2,3)19-10(16)13-7-5-6-8(14)12(13,17)9(15)18-4/h8,14,17H,5-7H2,1-4H3. The summed E-state index contributed by atoms with van der Waals surface area (Å²) in [5.74, 6) is -1.08. The fourth-order valence-corrected chi connectivity index (χ4v) is 1.94. The van der Waals surface area contributed by atoms with Gasteiger partial charge in [0, 0.05) is 6.54 Å². The Morgan fingerprint density at radius 1 is 1.37 bits per heavy atom. The zero-order valence-electron chi connectivity index (χ0n) is 11.7. The van der Waals surface area contributed by atoms with Gasteiger partial charge in [0.2, 0.25) is 0 Å². The number of nitrogens with zero attached hydrogens (tertiary/aromatic N) is 1. The van der Waals surface area contributed by atoms with Crippen molar-refractivity contribution in [1.29, 1.82) is 0 Å². The molecule has 1 rings (SSSR count). The number of aliphatic hydroxyl groups excluding tert-OH is 1. The number of likely N-dealkylation sites (tertiary alicyclic amines) is 1.